The molecule has 1 N–H and O–H groups in total. The van der Waals surface area contributed by atoms with Gasteiger partial charge in [0.15, 0.2) is 0 Å². The van der Waals surface area contributed by atoms with Gasteiger partial charge in [-0.15, -0.1) is 0 Å². The molecule has 1 aliphatic rings. The third-order valence-corrected chi connectivity index (χ3v) is 6.20. The summed E-state index contributed by atoms with van der Waals surface area (Å²) in [5.41, 5.74) is 3.54. The summed E-state index contributed by atoms with van der Waals surface area (Å²) in [4.78, 5) is 12.8. The largest absolute Gasteiger partial charge is 0.465 e. The van der Waals surface area contributed by atoms with Crippen LogP contribution in [-0.2, 0) is 17.6 Å². The van der Waals surface area contributed by atoms with Crippen LogP contribution in [0.4, 0.5) is 5.69 Å². The number of ether oxygens (including phenoxy) is 1. The molecule has 0 aromatic heterocycles. The Bertz CT molecular complexity index is 884. The molecule has 1 aliphatic carbocycles. The van der Waals surface area contributed by atoms with Crippen molar-refractivity contribution >= 4 is 52.1 Å². The first kappa shape index (κ1) is 20.1. The highest BCUT2D eigenvalue weighted by Crippen LogP contribution is 2.33. The van der Waals surface area contributed by atoms with Gasteiger partial charge in [-0.2, -0.15) is 0 Å². The van der Waals surface area contributed by atoms with Gasteiger partial charge in [-0.1, -0.05) is 66.6 Å². The molecule has 6 heteroatoms. The molecule has 142 valence electrons. The second kappa shape index (κ2) is 8.59. The number of rotatable bonds is 4. The maximum atomic E-state index is 12.1. The van der Waals surface area contributed by atoms with Gasteiger partial charge >= 0.3 is 5.97 Å². The zero-order chi connectivity index (χ0) is 19.6. The molecule has 2 aromatic carbocycles. The van der Waals surface area contributed by atoms with Crippen LogP contribution < -0.4 is 5.32 Å². The zero-order valence-electron chi connectivity index (χ0n) is 15.2. The summed E-state index contributed by atoms with van der Waals surface area (Å²) in [7, 11) is 1.32. The lowest BCUT2D eigenvalue weighted by Gasteiger charge is -2.30. The SMILES string of the molecule is COC(=O)c1c(Cl)cc(Cl)cc1NC(=S)C(C)C1CCc2ccccc2C1. The normalized spacial score (nSPS) is 17.0. The molecule has 2 atom stereocenters. The minimum atomic E-state index is -0.527. The fourth-order valence-electron chi connectivity index (χ4n) is 3.60. The van der Waals surface area contributed by atoms with Crippen molar-refractivity contribution < 1.29 is 9.53 Å². The Morgan fingerprint density at radius 2 is 1.96 bits per heavy atom. The fourth-order valence-corrected chi connectivity index (χ4v) is 4.47. The molecule has 3 nitrogen and oxygen atoms in total. The lowest BCUT2D eigenvalue weighted by molar-refractivity contribution is 0.0602. The van der Waals surface area contributed by atoms with Crippen LogP contribution in [-0.4, -0.2) is 18.1 Å². The molecular weight excluding hydrogens is 401 g/mol. The molecule has 0 fully saturated rings. The number of hydrogen-bond donors (Lipinski definition) is 1. The van der Waals surface area contributed by atoms with E-state index in [0.29, 0.717) is 21.6 Å². The van der Waals surface area contributed by atoms with Crippen molar-refractivity contribution in [2.24, 2.45) is 11.8 Å². The Morgan fingerprint density at radius 3 is 2.67 bits per heavy atom. The third kappa shape index (κ3) is 4.45. The number of thiocarbonyl (C=S) groups is 1. The standard InChI is InChI=1S/C21H21Cl2NO2S/c1-12(14-8-7-13-5-3-4-6-15(13)9-14)20(27)24-18-11-16(22)10-17(23)19(18)21(25)26-2/h3-6,10-12,14H,7-9H2,1-2H3,(H,24,27). The van der Waals surface area contributed by atoms with E-state index >= 15 is 0 Å². The Balaban J connectivity index is 1.79. The molecule has 0 spiro atoms. The second-order valence-electron chi connectivity index (χ2n) is 6.85. The molecule has 0 bridgehead atoms. The number of fused-ring (bicyclic) bond motifs is 1. The first-order chi connectivity index (χ1) is 12.9. The summed E-state index contributed by atoms with van der Waals surface area (Å²) in [5, 5.41) is 3.85. The number of aryl methyl sites for hydroxylation is 1. The van der Waals surface area contributed by atoms with Crippen molar-refractivity contribution in [3.05, 3.63) is 63.1 Å². The van der Waals surface area contributed by atoms with E-state index in [2.05, 4.69) is 36.5 Å². The number of carbonyl (C=O) groups is 1. The zero-order valence-corrected chi connectivity index (χ0v) is 17.5. The molecular formula is C21H21Cl2NO2S. The lowest BCUT2D eigenvalue weighted by atomic mass is 9.77. The highest BCUT2D eigenvalue weighted by molar-refractivity contribution is 7.80. The maximum absolute atomic E-state index is 12.1. The smallest absolute Gasteiger partial charge is 0.341 e. The monoisotopic (exact) mass is 421 g/mol. The molecule has 27 heavy (non-hydrogen) atoms. The second-order valence-corrected chi connectivity index (χ2v) is 8.13. The summed E-state index contributed by atoms with van der Waals surface area (Å²) in [6.07, 6.45) is 3.14. The van der Waals surface area contributed by atoms with Crippen LogP contribution in [0.5, 0.6) is 0 Å². The van der Waals surface area contributed by atoms with Gasteiger partial charge in [0.25, 0.3) is 0 Å². The van der Waals surface area contributed by atoms with Gasteiger partial charge in [0.1, 0.15) is 5.56 Å². The van der Waals surface area contributed by atoms with Crippen LogP contribution in [0, 0.1) is 11.8 Å². The van der Waals surface area contributed by atoms with Crippen LogP contribution in [0.3, 0.4) is 0 Å². The quantitative estimate of drug-likeness (QED) is 0.487. The van der Waals surface area contributed by atoms with Gasteiger partial charge in [0.2, 0.25) is 0 Å². The van der Waals surface area contributed by atoms with Crippen LogP contribution >= 0.6 is 35.4 Å². The average Bonchev–Trinajstić information content (AvgIpc) is 2.66. The van der Waals surface area contributed by atoms with Crippen molar-refractivity contribution in [3.63, 3.8) is 0 Å². The number of hydrogen-bond acceptors (Lipinski definition) is 3. The van der Waals surface area contributed by atoms with Gasteiger partial charge in [0.05, 0.1) is 22.8 Å². The lowest BCUT2D eigenvalue weighted by Crippen LogP contribution is -2.30. The molecule has 0 saturated carbocycles. The van der Waals surface area contributed by atoms with Gasteiger partial charge < -0.3 is 10.1 Å². The highest BCUT2D eigenvalue weighted by atomic mass is 35.5. The Kier molecular flexibility index (Phi) is 6.40. The van der Waals surface area contributed by atoms with Gasteiger partial charge in [-0.3, -0.25) is 0 Å². The number of benzene rings is 2. The minimum absolute atomic E-state index is 0.150. The Labute approximate surface area is 175 Å². The van der Waals surface area contributed by atoms with Crippen molar-refractivity contribution in [1.82, 2.24) is 0 Å². The third-order valence-electron chi connectivity index (χ3n) is 5.21. The van der Waals surface area contributed by atoms with E-state index in [1.807, 2.05) is 0 Å². The number of nitrogens with one attached hydrogen (secondary N) is 1. The molecule has 0 aliphatic heterocycles. The summed E-state index contributed by atoms with van der Waals surface area (Å²) in [5.74, 6) is 0.0638. The van der Waals surface area contributed by atoms with Crippen LogP contribution in [0.15, 0.2) is 36.4 Å². The number of anilines is 1. The van der Waals surface area contributed by atoms with E-state index in [-0.39, 0.29) is 16.5 Å². The van der Waals surface area contributed by atoms with Gasteiger partial charge in [-0.25, -0.2) is 4.79 Å². The van der Waals surface area contributed by atoms with Crippen LogP contribution in [0.1, 0.15) is 34.8 Å². The molecule has 0 heterocycles. The topological polar surface area (TPSA) is 38.3 Å². The van der Waals surface area contributed by atoms with Gasteiger partial charge in [0, 0.05) is 10.9 Å². The van der Waals surface area contributed by atoms with E-state index in [1.165, 1.54) is 24.3 Å². The average molecular weight is 422 g/mol. The minimum Gasteiger partial charge on any atom is -0.465 e. The fraction of sp³-hybridized carbons (Fsp3) is 0.333. The van der Waals surface area contributed by atoms with Crippen LogP contribution in [0.2, 0.25) is 10.0 Å². The summed E-state index contributed by atoms with van der Waals surface area (Å²) in [6, 6.07) is 11.7. The van der Waals surface area contributed by atoms with E-state index in [9.17, 15) is 4.79 Å². The van der Waals surface area contributed by atoms with E-state index in [0.717, 1.165) is 19.3 Å². The summed E-state index contributed by atoms with van der Waals surface area (Å²) < 4.78 is 4.85. The maximum Gasteiger partial charge on any atom is 0.341 e. The number of esters is 1. The van der Waals surface area contributed by atoms with Crippen molar-refractivity contribution in [2.45, 2.75) is 26.2 Å². The van der Waals surface area contributed by atoms with Crippen LogP contribution in [0.25, 0.3) is 0 Å². The molecule has 2 unspecified atom stereocenters. The first-order valence-corrected chi connectivity index (χ1v) is 10.0. The predicted octanol–water partition coefficient (Wildman–Crippen LogP) is 5.96. The molecule has 0 amide bonds. The van der Waals surface area contributed by atoms with E-state index in [4.69, 9.17) is 40.2 Å². The summed E-state index contributed by atoms with van der Waals surface area (Å²) in [6.45, 7) is 2.12. The molecule has 3 rings (SSSR count). The van der Waals surface area contributed by atoms with E-state index in [1.54, 1.807) is 6.07 Å². The molecule has 0 radical (unpaired) electrons. The highest BCUT2D eigenvalue weighted by Gasteiger charge is 2.27. The van der Waals surface area contributed by atoms with Crippen molar-refractivity contribution in [1.29, 1.82) is 0 Å². The summed E-state index contributed by atoms with van der Waals surface area (Å²) >= 11 is 18.0. The number of carbonyl (C=O) groups excluding carboxylic acids is 1. The molecule has 0 saturated heterocycles. The predicted molar refractivity (Wildman–Crippen MR) is 115 cm³/mol. The van der Waals surface area contributed by atoms with E-state index < -0.39 is 5.97 Å². The first-order valence-electron chi connectivity index (χ1n) is 8.85. The Morgan fingerprint density at radius 1 is 1.26 bits per heavy atom. The Hall–Kier alpha value is -1.62. The number of methoxy groups -OCH3 is 1. The van der Waals surface area contributed by atoms with Crippen molar-refractivity contribution in [3.8, 4) is 0 Å². The molecule has 2 aromatic rings. The van der Waals surface area contributed by atoms with Gasteiger partial charge in [-0.05, 0) is 48.4 Å². The number of halogens is 2. The van der Waals surface area contributed by atoms with Crippen molar-refractivity contribution in [2.75, 3.05) is 12.4 Å².